The van der Waals surface area contributed by atoms with E-state index in [0.29, 0.717) is 23.7 Å². The Labute approximate surface area is 144 Å². The second-order valence-corrected chi connectivity index (χ2v) is 8.25. The molecule has 0 amide bonds. The third kappa shape index (κ3) is 2.87. The molecular weight excluding hydrogens is 413 g/mol. The monoisotopic (exact) mass is 429 g/mol. The van der Waals surface area contributed by atoms with E-state index in [1.54, 1.807) is 29.6 Å². The molecule has 0 fully saturated rings. The smallest absolute Gasteiger partial charge is 0.243 e. The van der Waals surface area contributed by atoms with Gasteiger partial charge in [0, 0.05) is 13.1 Å². The van der Waals surface area contributed by atoms with Crippen LogP contribution < -0.4 is 4.74 Å². The lowest BCUT2D eigenvalue weighted by molar-refractivity contribution is 0.390. The third-order valence-corrected chi connectivity index (χ3v) is 6.54. The molecule has 0 N–H and O–H groups in total. The molecule has 0 spiro atoms. The van der Waals surface area contributed by atoms with Crippen LogP contribution in [0, 0.1) is 3.57 Å². The second kappa shape index (κ2) is 6.17. The summed E-state index contributed by atoms with van der Waals surface area (Å²) in [6.07, 6.45) is 0.753. The Kier molecular flexibility index (Phi) is 4.42. The first-order valence-electron chi connectivity index (χ1n) is 6.93. The molecular formula is C16H16INO3S. The third-order valence-electron chi connectivity index (χ3n) is 3.86. The molecule has 1 aliphatic heterocycles. The molecule has 1 heterocycles. The Morgan fingerprint density at radius 1 is 1.14 bits per heavy atom. The van der Waals surface area contributed by atoms with E-state index in [0.717, 1.165) is 15.6 Å². The average molecular weight is 429 g/mol. The summed E-state index contributed by atoms with van der Waals surface area (Å²) in [5.41, 5.74) is 2.32. The first-order chi connectivity index (χ1) is 10.5. The van der Waals surface area contributed by atoms with Crippen molar-refractivity contribution in [2.24, 2.45) is 0 Å². The number of benzene rings is 2. The SMILES string of the molecule is COc1ccc(S(=O)(=O)N2CCc3ccccc3C2)cc1I. The van der Waals surface area contributed by atoms with Crippen molar-refractivity contribution in [2.45, 2.75) is 17.9 Å². The van der Waals surface area contributed by atoms with Gasteiger partial charge in [0.15, 0.2) is 0 Å². The molecule has 0 unspecified atom stereocenters. The van der Waals surface area contributed by atoms with Gasteiger partial charge in [-0.3, -0.25) is 0 Å². The number of ether oxygens (including phenoxy) is 1. The van der Waals surface area contributed by atoms with Gasteiger partial charge in [-0.1, -0.05) is 24.3 Å². The number of methoxy groups -OCH3 is 1. The number of halogens is 1. The van der Waals surface area contributed by atoms with Gasteiger partial charge < -0.3 is 4.74 Å². The van der Waals surface area contributed by atoms with E-state index >= 15 is 0 Å². The van der Waals surface area contributed by atoms with Crippen LogP contribution in [0.3, 0.4) is 0 Å². The highest BCUT2D eigenvalue weighted by atomic mass is 127. The van der Waals surface area contributed by atoms with E-state index in [2.05, 4.69) is 28.7 Å². The molecule has 0 atom stereocenters. The van der Waals surface area contributed by atoms with Crippen molar-refractivity contribution in [1.29, 1.82) is 0 Å². The van der Waals surface area contributed by atoms with Gasteiger partial charge in [0.05, 0.1) is 15.6 Å². The van der Waals surface area contributed by atoms with E-state index in [9.17, 15) is 8.42 Å². The maximum atomic E-state index is 12.8. The fourth-order valence-corrected chi connectivity index (χ4v) is 5.02. The lowest BCUT2D eigenvalue weighted by Crippen LogP contribution is -2.35. The van der Waals surface area contributed by atoms with Crippen LogP contribution in [0.25, 0.3) is 0 Å². The number of fused-ring (bicyclic) bond motifs is 1. The normalized spacial score (nSPS) is 15.4. The highest BCUT2D eigenvalue weighted by Gasteiger charge is 2.28. The van der Waals surface area contributed by atoms with Crippen LogP contribution >= 0.6 is 22.6 Å². The summed E-state index contributed by atoms with van der Waals surface area (Å²) in [7, 11) is -1.90. The van der Waals surface area contributed by atoms with Crippen LogP contribution in [-0.2, 0) is 23.0 Å². The molecule has 116 valence electrons. The fraction of sp³-hybridized carbons (Fsp3) is 0.250. The van der Waals surface area contributed by atoms with E-state index < -0.39 is 10.0 Å². The van der Waals surface area contributed by atoms with Gasteiger partial charge in [0.2, 0.25) is 10.0 Å². The molecule has 0 saturated carbocycles. The van der Waals surface area contributed by atoms with Crippen LogP contribution in [0.4, 0.5) is 0 Å². The molecule has 0 aliphatic carbocycles. The van der Waals surface area contributed by atoms with Crippen molar-refractivity contribution in [3.8, 4) is 5.75 Å². The summed E-state index contributed by atoms with van der Waals surface area (Å²) >= 11 is 2.09. The van der Waals surface area contributed by atoms with E-state index in [1.165, 1.54) is 5.56 Å². The van der Waals surface area contributed by atoms with Crippen molar-refractivity contribution in [1.82, 2.24) is 4.31 Å². The zero-order valence-corrected chi connectivity index (χ0v) is 15.1. The molecule has 4 nitrogen and oxygen atoms in total. The van der Waals surface area contributed by atoms with Crippen molar-refractivity contribution < 1.29 is 13.2 Å². The lowest BCUT2D eigenvalue weighted by atomic mass is 10.0. The zero-order valence-electron chi connectivity index (χ0n) is 12.1. The van der Waals surface area contributed by atoms with Crippen molar-refractivity contribution in [3.63, 3.8) is 0 Å². The van der Waals surface area contributed by atoms with Gasteiger partial charge in [-0.25, -0.2) is 8.42 Å². The quantitative estimate of drug-likeness (QED) is 0.705. The van der Waals surface area contributed by atoms with Gasteiger partial charge in [0.25, 0.3) is 0 Å². The van der Waals surface area contributed by atoms with Gasteiger partial charge in [-0.05, 0) is 58.3 Å². The van der Waals surface area contributed by atoms with Crippen LogP contribution in [0.2, 0.25) is 0 Å². The molecule has 0 aromatic heterocycles. The predicted molar refractivity (Wildman–Crippen MR) is 93.5 cm³/mol. The predicted octanol–water partition coefficient (Wildman–Crippen LogP) is 3.05. The highest BCUT2D eigenvalue weighted by Crippen LogP contribution is 2.28. The maximum Gasteiger partial charge on any atom is 0.243 e. The molecule has 0 saturated heterocycles. The molecule has 2 aromatic rings. The van der Waals surface area contributed by atoms with Gasteiger partial charge >= 0.3 is 0 Å². The molecule has 0 radical (unpaired) electrons. The lowest BCUT2D eigenvalue weighted by Gasteiger charge is -2.28. The van der Waals surface area contributed by atoms with E-state index in [4.69, 9.17) is 4.74 Å². The number of rotatable bonds is 3. The van der Waals surface area contributed by atoms with Gasteiger partial charge in [0.1, 0.15) is 5.75 Å². The molecule has 0 bridgehead atoms. The minimum atomic E-state index is -3.48. The van der Waals surface area contributed by atoms with Crippen LogP contribution in [0.1, 0.15) is 11.1 Å². The van der Waals surface area contributed by atoms with E-state index in [1.807, 2.05) is 18.2 Å². The highest BCUT2D eigenvalue weighted by molar-refractivity contribution is 14.1. The minimum absolute atomic E-state index is 0.317. The molecule has 3 rings (SSSR count). The summed E-state index contributed by atoms with van der Waals surface area (Å²) in [5.74, 6) is 0.684. The number of nitrogens with zero attached hydrogens (tertiary/aromatic N) is 1. The Morgan fingerprint density at radius 2 is 1.86 bits per heavy atom. The Bertz CT molecular complexity index is 805. The topological polar surface area (TPSA) is 46.6 Å². The molecule has 1 aliphatic rings. The molecule has 6 heteroatoms. The van der Waals surface area contributed by atoms with Crippen LogP contribution in [0.5, 0.6) is 5.75 Å². The summed E-state index contributed by atoms with van der Waals surface area (Å²) in [6.45, 7) is 0.947. The minimum Gasteiger partial charge on any atom is -0.496 e. The molecule has 2 aromatic carbocycles. The van der Waals surface area contributed by atoms with Crippen molar-refractivity contribution in [2.75, 3.05) is 13.7 Å². The molecule has 22 heavy (non-hydrogen) atoms. The zero-order chi connectivity index (χ0) is 15.7. The van der Waals surface area contributed by atoms with Crippen LogP contribution in [-0.4, -0.2) is 26.4 Å². The van der Waals surface area contributed by atoms with E-state index in [-0.39, 0.29) is 0 Å². The number of sulfonamides is 1. The largest absolute Gasteiger partial charge is 0.496 e. The second-order valence-electron chi connectivity index (χ2n) is 5.15. The first-order valence-corrected chi connectivity index (χ1v) is 9.45. The Morgan fingerprint density at radius 3 is 2.55 bits per heavy atom. The van der Waals surface area contributed by atoms with Gasteiger partial charge in [-0.2, -0.15) is 4.31 Å². The maximum absolute atomic E-state index is 12.8. The van der Waals surface area contributed by atoms with Crippen molar-refractivity contribution >= 4 is 32.6 Å². The van der Waals surface area contributed by atoms with Crippen LogP contribution in [0.15, 0.2) is 47.4 Å². The first kappa shape index (κ1) is 15.8. The van der Waals surface area contributed by atoms with Crippen molar-refractivity contribution in [3.05, 3.63) is 57.2 Å². The fourth-order valence-electron chi connectivity index (χ4n) is 2.63. The number of hydrogen-bond donors (Lipinski definition) is 0. The Hall–Kier alpha value is -1.12. The Balaban J connectivity index is 1.93. The summed E-state index contributed by atoms with van der Waals surface area (Å²) < 4.78 is 33.2. The summed E-state index contributed by atoms with van der Waals surface area (Å²) in [6, 6.07) is 13.0. The average Bonchev–Trinajstić information content (AvgIpc) is 2.54. The summed E-state index contributed by atoms with van der Waals surface area (Å²) in [5, 5.41) is 0. The number of hydrogen-bond acceptors (Lipinski definition) is 3. The van der Waals surface area contributed by atoms with Gasteiger partial charge in [-0.15, -0.1) is 0 Å². The standard InChI is InChI=1S/C16H16INO3S/c1-21-16-7-6-14(10-15(16)17)22(19,20)18-9-8-12-4-2-3-5-13(12)11-18/h2-7,10H,8-9,11H2,1H3. The summed E-state index contributed by atoms with van der Waals surface area (Å²) in [4.78, 5) is 0.317.